The van der Waals surface area contributed by atoms with Gasteiger partial charge in [-0.25, -0.2) is 4.98 Å². The van der Waals surface area contributed by atoms with Crippen LogP contribution < -0.4 is 11.1 Å². The van der Waals surface area contributed by atoms with E-state index in [9.17, 15) is 4.79 Å². The summed E-state index contributed by atoms with van der Waals surface area (Å²) in [5, 5.41) is 5.22. The van der Waals surface area contributed by atoms with Crippen molar-refractivity contribution in [2.75, 3.05) is 6.54 Å². The zero-order chi connectivity index (χ0) is 11.3. The third-order valence-corrected chi connectivity index (χ3v) is 2.65. The Labute approximate surface area is 92.9 Å². The molecule has 80 valence electrons. The lowest BCUT2D eigenvalue weighted by Crippen LogP contribution is -2.31. The van der Waals surface area contributed by atoms with Gasteiger partial charge >= 0.3 is 0 Å². The van der Waals surface area contributed by atoms with Crippen LogP contribution in [0.25, 0.3) is 0 Å². The zero-order valence-electron chi connectivity index (χ0n) is 8.49. The Balaban J connectivity index is 2.62. The van der Waals surface area contributed by atoms with Crippen molar-refractivity contribution in [1.29, 1.82) is 0 Å². The first-order chi connectivity index (χ1) is 7.17. The predicted molar refractivity (Wildman–Crippen MR) is 60.6 cm³/mol. The lowest BCUT2D eigenvalue weighted by Gasteiger charge is -2.04. The Morgan fingerprint density at radius 2 is 2.60 bits per heavy atom. The van der Waals surface area contributed by atoms with E-state index in [2.05, 4.69) is 16.2 Å². The number of terminal acetylenes is 1. The first kappa shape index (κ1) is 11.7. The molecule has 1 atom stereocenters. The Morgan fingerprint density at radius 1 is 1.87 bits per heavy atom. The van der Waals surface area contributed by atoms with E-state index in [4.69, 9.17) is 12.2 Å². The number of hydrogen-bond acceptors (Lipinski definition) is 4. The quantitative estimate of drug-likeness (QED) is 0.726. The van der Waals surface area contributed by atoms with Crippen molar-refractivity contribution in [3.8, 4) is 12.3 Å². The maximum absolute atomic E-state index is 11.5. The Hall–Kier alpha value is -1.38. The van der Waals surface area contributed by atoms with Crippen LogP contribution in [0.1, 0.15) is 22.4 Å². The second-order valence-corrected chi connectivity index (χ2v) is 3.97. The highest BCUT2D eigenvalue weighted by Crippen LogP contribution is 2.09. The zero-order valence-corrected chi connectivity index (χ0v) is 9.30. The van der Waals surface area contributed by atoms with E-state index in [1.165, 1.54) is 11.3 Å². The van der Waals surface area contributed by atoms with Gasteiger partial charge in [0.1, 0.15) is 5.69 Å². The first-order valence-electron chi connectivity index (χ1n) is 4.59. The normalized spacial score (nSPS) is 11.8. The molecule has 0 radical (unpaired) electrons. The molecule has 0 aromatic carbocycles. The Morgan fingerprint density at radius 3 is 3.20 bits per heavy atom. The second-order valence-electron chi connectivity index (χ2n) is 3.03. The molecule has 0 bridgehead atoms. The van der Waals surface area contributed by atoms with Gasteiger partial charge in [0.05, 0.1) is 11.0 Å². The highest BCUT2D eigenvalue weighted by molar-refractivity contribution is 7.09. The predicted octanol–water partition coefficient (Wildman–Crippen LogP) is 0.396. The van der Waals surface area contributed by atoms with Gasteiger partial charge < -0.3 is 11.1 Å². The molecule has 15 heavy (non-hydrogen) atoms. The Bertz CT molecular complexity index is 380. The molecule has 1 amide bonds. The second kappa shape index (κ2) is 5.49. The molecule has 1 aromatic heterocycles. The number of nitrogens with two attached hydrogens (primary N) is 1. The van der Waals surface area contributed by atoms with Crippen molar-refractivity contribution in [1.82, 2.24) is 10.3 Å². The van der Waals surface area contributed by atoms with E-state index in [1.54, 1.807) is 12.3 Å². The Kier molecular flexibility index (Phi) is 4.28. The average molecular weight is 223 g/mol. The molecule has 0 aliphatic rings. The molecule has 4 nitrogen and oxygen atoms in total. The summed E-state index contributed by atoms with van der Waals surface area (Å²) in [5.74, 6) is 2.19. The number of nitrogens with zero attached hydrogens (tertiary/aromatic N) is 1. The molecule has 0 aliphatic heterocycles. The fourth-order valence-corrected chi connectivity index (χ4v) is 1.76. The number of rotatable bonds is 4. The standard InChI is InChI=1S/C10H13N3OS/c1-3-7(2)12-10(14)8-6-15-9(13-8)4-5-11/h1,6-7H,4-5,11H2,2H3,(H,12,14). The largest absolute Gasteiger partial charge is 0.337 e. The van der Waals surface area contributed by atoms with E-state index in [-0.39, 0.29) is 11.9 Å². The monoisotopic (exact) mass is 223 g/mol. The van der Waals surface area contributed by atoms with Crippen LogP contribution in [0.4, 0.5) is 0 Å². The lowest BCUT2D eigenvalue weighted by molar-refractivity contribution is 0.0943. The van der Waals surface area contributed by atoms with Gasteiger partial charge in [0, 0.05) is 11.8 Å². The summed E-state index contributed by atoms with van der Waals surface area (Å²) in [6.07, 6.45) is 5.85. The molecule has 0 saturated heterocycles. The average Bonchev–Trinajstić information content (AvgIpc) is 2.67. The highest BCUT2D eigenvalue weighted by Gasteiger charge is 2.11. The van der Waals surface area contributed by atoms with Crippen LogP contribution in [0.15, 0.2) is 5.38 Å². The van der Waals surface area contributed by atoms with E-state index in [0.29, 0.717) is 18.7 Å². The van der Waals surface area contributed by atoms with Gasteiger partial charge in [0.15, 0.2) is 0 Å². The topological polar surface area (TPSA) is 68.0 Å². The molecule has 0 saturated carbocycles. The van der Waals surface area contributed by atoms with E-state index in [1.807, 2.05) is 0 Å². The third kappa shape index (κ3) is 3.35. The van der Waals surface area contributed by atoms with E-state index in [0.717, 1.165) is 5.01 Å². The number of nitrogens with one attached hydrogen (secondary N) is 1. The molecule has 0 spiro atoms. The van der Waals surface area contributed by atoms with Crippen molar-refractivity contribution in [3.05, 3.63) is 16.1 Å². The molecule has 1 heterocycles. The van der Waals surface area contributed by atoms with Crippen molar-refractivity contribution < 1.29 is 4.79 Å². The summed E-state index contributed by atoms with van der Waals surface area (Å²) in [6.45, 7) is 2.28. The molecule has 1 unspecified atom stereocenters. The van der Waals surface area contributed by atoms with Gasteiger partial charge in [-0.1, -0.05) is 5.92 Å². The summed E-state index contributed by atoms with van der Waals surface area (Å²) in [4.78, 5) is 15.7. The van der Waals surface area contributed by atoms with Crippen LogP contribution in [0.2, 0.25) is 0 Å². The number of carbonyl (C=O) groups is 1. The summed E-state index contributed by atoms with van der Waals surface area (Å²) in [5.41, 5.74) is 5.80. The van der Waals surface area contributed by atoms with Gasteiger partial charge in [-0.15, -0.1) is 17.8 Å². The van der Waals surface area contributed by atoms with Gasteiger partial charge in [-0.05, 0) is 13.5 Å². The van der Waals surface area contributed by atoms with Crippen molar-refractivity contribution in [3.63, 3.8) is 0 Å². The van der Waals surface area contributed by atoms with Gasteiger partial charge in [0.25, 0.3) is 5.91 Å². The SMILES string of the molecule is C#CC(C)NC(=O)c1csc(CCN)n1. The smallest absolute Gasteiger partial charge is 0.271 e. The maximum atomic E-state index is 11.5. The minimum Gasteiger partial charge on any atom is -0.337 e. The molecule has 0 fully saturated rings. The van der Waals surface area contributed by atoms with Crippen molar-refractivity contribution in [2.24, 2.45) is 5.73 Å². The van der Waals surface area contributed by atoms with Crippen LogP contribution >= 0.6 is 11.3 Å². The van der Waals surface area contributed by atoms with Crippen LogP contribution in [-0.4, -0.2) is 23.5 Å². The number of hydrogen-bond donors (Lipinski definition) is 2. The fraction of sp³-hybridized carbons (Fsp3) is 0.400. The number of thiazole rings is 1. The first-order valence-corrected chi connectivity index (χ1v) is 5.46. The molecule has 1 rings (SSSR count). The number of carbonyl (C=O) groups excluding carboxylic acids is 1. The summed E-state index contributed by atoms with van der Waals surface area (Å²) in [7, 11) is 0. The molecule has 5 heteroatoms. The van der Waals surface area contributed by atoms with Gasteiger partial charge in [-0.2, -0.15) is 0 Å². The molecular weight excluding hydrogens is 210 g/mol. The van der Waals surface area contributed by atoms with Crippen LogP contribution in [0, 0.1) is 12.3 Å². The summed E-state index contributed by atoms with van der Waals surface area (Å²) >= 11 is 1.43. The van der Waals surface area contributed by atoms with Gasteiger partial charge in [0.2, 0.25) is 0 Å². The minimum absolute atomic E-state index is 0.236. The van der Waals surface area contributed by atoms with Gasteiger partial charge in [-0.3, -0.25) is 4.79 Å². The number of aromatic nitrogens is 1. The van der Waals surface area contributed by atoms with E-state index < -0.39 is 0 Å². The minimum atomic E-state index is -0.280. The summed E-state index contributed by atoms with van der Waals surface area (Å²) in [6, 6.07) is -0.280. The highest BCUT2D eigenvalue weighted by atomic mass is 32.1. The maximum Gasteiger partial charge on any atom is 0.271 e. The molecule has 1 aromatic rings. The van der Waals surface area contributed by atoms with Crippen molar-refractivity contribution in [2.45, 2.75) is 19.4 Å². The number of amides is 1. The molecule has 3 N–H and O–H groups in total. The molecule has 0 aliphatic carbocycles. The van der Waals surface area contributed by atoms with Crippen LogP contribution in [-0.2, 0) is 6.42 Å². The lowest BCUT2D eigenvalue weighted by atomic mass is 10.3. The van der Waals surface area contributed by atoms with Crippen LogP contribution in [0.5, 0.6) is 0 Å². The summed E-state index contributed by atoms with van der Waals surface area (Å²) < 4.78 is 0. The van der Waals surface area contributed by atoms with Crippen LogP contribution in [0.3, 0.4) is 0 Å². The fourth-order valence-electron chi connectivity index (χ4n) is 0.966. The van der Waals surface area contributed by atoms with E-state index >= 15 is 0 Å². The van der Waals surface area contributed by atoms with Crippen molar-refractivity contribution >= 4 is 17.2 Å². The third-order valence-electron chi connectivity index (χ3n) is 1.74. The molecular formula is C10H13N3OS.